The number of hydrogen-bond acceptors (Lipinski definition) is 1. The monoisotopic (exact) mass is 278 g/mol. The summed E-state index contributed by atoms with van der Waals surface area (Å²) in [4.78, 5) is 0. The molecule has 0 saturated heterocycles. The van der Waals surface area contributed by atoms with Crippen molar-refractivity contribution in [3.63, 3.8) is 0 Å². The summed E-state index contributed by atoms with van der Waals surface area (Å²) in [5.41, 5.74) is 1.30. The molecule has 1 N–H and O–H groups in total. The Hall–Kier alpha value is -0.300. The second kappa shape index (κ2) is 6.64. The molecule has 1 nitrogen and oxygen atoms in total. The zero-order valence-corrected chi connectivity index (χ0v) is 13.9. The van der Waals surface area contributed by atoms with E-state index in [2.05, 4.69) is 26.8 Å². The third kappa shape index (κ3) is 4.10. The Bertz CT molecular complexity index is 336. The van der Waals surface area contributed by atoms with Gasteiger partial charge in [-0.3, -0.25) is 0 Å². The molecule has 2 rings (SSSR count). The van der Waals surface area contributed by atoms with Crippen LogP contribution in [0.25, 0.3) is 0 Å². The zero-order valence-electron chi connectivity index (χ0n) is 13.9. The minimum atomic E-state index is -0.475. The van der Waals surface area contributed by atoms with Gasteiger partial charge in [0.15, 0.2) is 0 Å². The molecule has 2 aliphatic carbocycles. The fourth-order valence-electron chi connectivity index (χ4n) is 4.12. The van der Waals surface area contributed by atoms with E-state index in [0.29, 0.717) is 5.41 Å². The van der Waals surface area contributed by atoms with E-state index in [4.69, 9.17) is 0 Å². The summed E-state index contributed by atoms with van der Waals surface area (Å²) >= 11 is 0. The van der Waals surface area contributed by atoms with E-state index in [-0.39, 0.29) is 0 Å². The van der Waals surface area contributed by atoms with Crippen LogP contribution >= 0.6 is 0 Å². The van der Waals surface area contributed by atoms with Gasteiger partial charge in [-0.15, -0.1) is 0 Å². The minimum Gasteiger partial charge on any atom is -0.386 e. The molecule has 2 aliphatic rings. The van der Waals surface area contributed by atoms with E-state index >= 15 is 0 Å². The van der Waals surface area contributed by atoms with Gasteiger partial charge >= 0.3 is 0 Å². The van der Waals surface area contributed by atoms with Crippen molar-refractivity contribution in [2.24, 2.45) is 11.3 Å². The summed E-state index contributed by atoms with van der Waals surface area (Å²) in [6.45, 7) is 7.07. The number of rotatable bonds is 1. The van der Waals surface area contributed by atoms with Gasteiger partial charge in [-0.2, -0.15) is 0 Å². The van der Waals surface area contributed by atoms with E-state index in [1.54, 1.807) is 0 Å². The van der Waals surface area contributed by atoms with Crippen LogP contribution in [0.3, 0.4) is 0 Å². The molecule has 0 heterocycles. The second-order valence-corrected chi connectivity index (χ2v) is 8.21. The van der Waals surface area contributed by atoms with Crippen molar-refractivity contribution < 1.29 is 5.11 Å². The first-order chi connectivity index (χ1) is 9.42. The second-order valence-electron chi connectivity index (χ2n) is 8.21. The predicted molar refractivity (Wildman–Crippen MR) is 86.8 cm³/mol. The Morgan fingerprint density at radius 1 is 1.00 bits per heavy atom. The Kier molecular flexibility index (Phi) is 5.34. The average molecular weight is 278 g/mol. The maximum Gasteiger partial charge on any atom is 0.0856 e. The fraction of sp³-hybridized carbons (Fsp3) is 0.895. The van der Waals surface area contributed by atoms with E-state index in [9.17, 15) is 5.11 Å². The molecule has 0 aromatic carbocycles. The van der Waals surface area contributed by atoms with Crippen LogP contribution in [0.15, 0.2) is 11.6 Å². The third-order valence-corrected chi connectivity index (χ3v) is 5.66. The fourth-order valence-corrected chi connectivity index (χ4v) is 4.12. The third-order valence-electron chi connectivity index (χ3n) is 5.66. The average Bonchev–Trinajstić information content (AvgIpc) is 2.50. The highest BCUT2D eigenvalue weighted by atomic mass is 16.3. The van der Waals surface area contributed by atoms with Crippen molar-refractivity contribution in [3.8, 4) is 0 Å². The van der Waals surface area contributed by atoms with Gasteiger partial charge in [0.25, 0.3) is 0 Å². The molecule has 0 radical (unpaired) electrons. The molecule has 0 aromatic rings. The summed E-state index contributed by atoms with van der Waals surface area (Å²) in [6.07, 6.45) is 15.7. The standard InChI is InChI=1S/C19H34O/c1-18(2,3)16-12-9-14-19(20,15-13-16)17-10-7-5-4-6-8-11-17/h10,16,20H,4-9,11-15H2,1-3H3. The van der Waals surface area contributed by atoms with Gasteiger partial charge in [0.05, 0.1) is 5.60 Å². The van der Waals surface area contributed by atoms with Gasteiger partial charge in [0.2, 0.25) is 0 Å². The van der Waals surface area contributed by atoms with Gasteiger partial charge in [-0.1, -0.05) is 39.7 Å². The first-order valence-corrected chi connectivity index (χ1v) is 8.84. The molecule has 1 heteroatoms. The van der Waals surface area contributed by atoms with Crippen molar-refractivity contribution in [3.05, 3.63) is 11.6 Å². The number of hydrogen-bond donors (Lipinski definition) is 1. The van der Waals surface area contributed by atoms with Crippen molar-refractivity contribution >= 4 is 0 Å². The summed E-state index contributed by atoms with van der Waals surface area (Å²) in [5.74, 6) is 0.769. The number of aliphatic hydroxyl groups is 1. The molecule has 2 atom stereocenters. The van der Waals surface area contributed by atoms with Crippen molar-refractivity contribution in [1.29, 1.82) is 0 Å². The highest BCUT2D eigenvalue weighted by molar-refractivity contribution is 5.18. The molecule has 0 bridgehead atoms. The Morgan fingerprint density at radius 3 is 2.50 bits per heavy atom. The van der Waals surface area contributed by atoms with Crippen LogP contribution in [0, 0.1) is 11.3 Å². The molecular weight excluding hydrogens is 244 g/mol. The van der Waals surface area contributed by atoms with Crippen LogP contribution in [0.2, 0.25) is 0 Å². The quantitative estimate of drug-likeness (QED) is 0.487. The normalized spacial score (nSPS) is 33.8. The molecule has 0 aliphatic heterocycles. The Labute approximate surface area is 125 Å². The summed E-state index contributed by atoms with van der Waals surface area (Å²) in [6, 6.07) is 0. The van der Waals surface area contributed by atoms with Crippen LogP contribution in [0.1, 0.15) is 91.4 Å². The lowest BCUT2D eigenvalue weighted by atomic mass is 9.75. The molecule has 2 unspecified atom stereocenters. The lowest BCUT2D eigenvalue weighted by Crippen LogP contribution is -2.31. The predicted octanol–water partition coefficient (Wildman–Crippen LogP) is 5.62. The minimum absolute atomic E-state index is 0.389. The lowest BCUT2D eigenvalue weighted by molar-refractivity contribution is 0.0544. The molecule has 0 amide bonds. The van der Waals surface area contributed by atoms with E-state index in [1.165, 1.54) is 56.9 Å². The van der Waals surface area contributed by atoms with Crippen molar-refractivity contribution in [2.75, 3.05) is 0 Å². The first kappa shape index (κ1) is 16.1. The highest BCUT2D eigenvalue weighted by Crippen LogP contribution is 2.43. The molecule has 1 saturated carbocycles. The SMILES string of the molecule is CC(C)(C)C1CCCC(O)(C2=CCCCCCC2)CC1. The maximum absolute atomic E-state index is 11.2. The van der Waals surface area contributed by atoms with Gasteiger partial charge in [-0.05, 0) is 74.7 Å². The summed E-state index contributed by atoms with van der Waals surface area (Å²) < 4.78 is 0. The largest absolute Gasteiger partial charge is 0.386 e. The molecular formula is C19H34O. The zero-order chi connectivity index (χ0) is 14.6. The van der Waals surface area contributed by atoms with E-state index in [0.717, 1.165) is 25.2 Å². The molecule has 0 aromatic heterocycles. The topological polar surface area (TPSA) is 20.2 Å². The number of allylic oxidation sites excluding steroid dienone is 1. The van der Waals surface area contributed by atoms with Crippen molar-refractivity contribution in [2.45, 2.75) is 97.0 Å². The van der Waals surface area contributed by atoms with Gasteiger partial charge in [-0.25, -0.2) is 0 Å². The van der Waals surface area contributed by atoms with E-state index in [1.807, 2.05) is 0 Å². The summed E-state index contributed by atoms with van der Waals surface area (Å²) in [7, 11) is 0. The Balaban J connectivity index is 2.06. The van der Waals surface area contributed by atoms with E-state index < -0.39 is 5.60 Å². The van der Waals surface area contributed by atoms with Crippen LogP contribution in [0.4, 0.5) is 0 Å². The molecule has 116 valence electrons. The highest BCUT2D eigenvalue weighted by Gasteiger charge is 2.36. The van der Waals surface area contributed by atoms with Crippen molar-refractivity contribution in [1.82, 2.24) is 0 Å². The molecule has 20 heavy (non-hydrogen) atoms. The van der Waals surface area contributed by atoms with Crippen LogP contribution < -0.4 is 0 Å². The smallest absolute Gasteiger partial charge is 0.0856 e. The maximum atomic E-state index is 11.2. The van der Waals surface area contributed by atoms with Gasteiger partial charge < -0.3 is 5.11 Å². The molecule has 1 fully saturated rings. The first-order valence-electron chi connectivity index (χ1n) is 8.84. The van der Waals surface area contributed by atoms with Gasteiger partial charge in [0.1, 0.15) is 0 Å². The van der Waals surface area contributed by atoms with Crippen LogP contribution in [-0.4, -0.2) is 10.7 Å². The van der Waals surface area contributed by atoms with Crippen LogP contribution in [0.5, 0.6) is 0 Å². The Morgan fingerprint density at radius 2 is 1.75 bits per heavy atom. The molecule has 0 spiro atoms. The summed E-state index contributed by atoms with van der Waals surface area (Å²) in [5, 5.41) is 11.2. The van der Waals surface area contributed by atoms with Gasteiger partial charge in [0, 0.05) is 0 Å². The van der Waals surface area contributed by atoms with Crippen LogP contribution in [-0.2, 0) is 0 Å². The lowest BCUT2D eigenvalue weighted by Gasteiger charge is -2.33.